The van der Waals surface area contributed by atoms with E-state index < -0.39 is 36.3 Å². The monoisotopic (exact) mass is 370 g/mol. The van der Waals surface area contributed by atoms with Crippen molar-refractivity contribution in [3.8, 4) is 0 Å². The third kappa shape index (κ3) is 3.07. The maximum absolute atomic E-state index is 11.7. The van der Waals surface area contributed by atoms with Crippen molar-refractivity contribution in [2.24, 2.45) is 21.1 Å². The zero-order valence-electron chi connectivity index (χ0n) is 14.1. The molecule has 0 aromatic carbocycles. The van der Waals surface area contributed by atoms with Crippen molar-refractivity contribution in [1.29, 1.82) is 0 Å². The third-order valence-corrected chi connectivity index (χ3v) is 3.79. The van der Waals surface area contributed by atoms with E-state index in [1.54, 1.807) is 18.7 Å². The standard InChI is InChI=1S/C8H10N4O2.C6H8O6/c1-10-4-9-6-5(10)7(13)12(3)8(14)11(6)2;7-1-2(8)5-3(9)4(10)6(11)12-5/h4H,1-3H3;2,5,7-10H,1H2/t;2-,5+/m.0/s1. The van der Waals surface area contributed by atoms with Crippen LogP contribution in [0.4, 0.5) is 0 Å². The zero-order chi connectivity index (χ0) is 19.8. The molecule has 0 spiro atoms. The molecule has 0 unspecified atom stereocenters. The molecule has 12 nitrogen and oxygen atoms in total. The molecule has 3 rings (SSSR count). The zero-order valence-corrected chi connectivity index (χ0v) is 14.1. The van der Waals surface area contributed by atoms with Gasteiger partial charge in [-0.2, -0.15) is 0 Å². The van der Waals surface area contributed by atoms with Crippen molar-refractivity contribution < 1.29 is 30.0 Å². The second kappa shape index (κ2) is 7.01. The predicted octanol–water partition coefficient (Wildman–Crippen LogP) is -2.44. The highest BCUT2D eigenvalue weighted by Gasteiger charge is 2.38. The molecule has 0 radical (unpaired) electrons. The van der Waals surface area contributed by atoms with Gasteiger partial charge in [-0.1, -0.05) is 0 Å². The molecule has 2 atom stereocenters. The Morgan fingerprint density at radius 3 is 2.31 bits per heavy atom. The molecule has 3 heterocycles. The van der Waals surface area contributed by atoms with Crippen LogP contribution in [0.5, 0.6) is 0 Å². The molecule has 2 aromatic rings. The summed E-state index contributed by atoms with van der Waals surface area (Å²) in [6.45, 7) is -0.671. The van der Waals surface area contributed by atoms with Crippen LogP contribution >= 0.6 is 0 Å². The molecule has 0 saturated heterocycles. The van der Waals surface area contributed by atoms with Crippen molar-refractivity contribution in [3.63, 3.8) is 0 Å². The first kappa shape index (κ1) is 19.2. The van der Waals surface area contributed by atoms with Gasteiger partial charge in [-0.3, -0.25) is 13.9 Å². The van der Waals surface area contributed by atoms with Gasteiger partial charge in [-0.25, -0.2) is 14.6 Å². The highest BCUT2D eigenvalue weighted by molar-refractivity contribution is 5.89. The van der Waals surface area contributed by atoms with Crippen LogP contribution in [0.3, 0.4) is 0 Å². The molecule has 1 aliphatic rings. The molecular formula is C14H18N4O8. The Morgan fingerprint density at radius 2 is 1.81 bits per heavy atom. The summed E-state index contributed by atoms with van der Waals surface area (Å²) in [5.41, 5.74) is 0.180. The van der Waals surface area contributed by atoms with Crippen molar-refractivity contribution in [2.75, 3.05) is 6.61 Å². The normalized spacial score (nSPS) is 17.9. The van der Waals surface area contributed by atoms with E-state index in [2.05, 4.69) is 9.72 Å². The molecule has 4 N–H and O–H groups in total. The van der Waals surface area contributed by atoms with Crippen LogP contribution in [0.25, 0.3) is 11.2 Å². The number of carbonyl (C=O) groups is 1. The van der Waals surface area contributed by atoms with Crippen LogP contribution in [0.1, 0.15) is 0 Å². The molecule has 0 bridgehead atoms. The minimum Gasteiger partial charge on any atom is -0.505 e. The van der Waals surface area contributed by atoms with Crippen molar-refractivity contribution in [1.82, 2.24) is 18.7 Å². The average Bonchev–Trinajstić information content (AvgIpc) is 3.13. The SMILES string of the molecule is Cn1c(=O)c2c(ncn2C)n(C)c1=O.O=C1O[C@H]([C@@H](O)CO)C(O)=C1O. The number of hydrogen-bond acceptors (Lipinski definition) is 9. The molecule has 0 saturated carbocycles. The number of imidazole rings is 1. The fraction of sp³-hybridized carbons (Fsp3) is 0.429. The number of rotatable bonds is 2. The Morgan fingerprint density at radius 1 is 1.19 bits per heavy atom. The van der Waals surface area contributed by atoms with Gasteiger partial charge < -0.3 is 29.7 Å². The smallest absolute Gasteiger partial charge is 0.377 e. The predicted molar refractivity (Wildman–Crippen MR) is 86.5 cm³/mol. The van der Waals surface area contributed by atoms with E-state index in [1.807, 2.05) is 0 Å². The summed E-state index contributed by atoms with van der Waals surface area (Å²) in [6, 6.07) is 0. The average molecular weight is 370 g/mol. The number of aliphatic hydroxyl groups is 4. The van der Waals surface area contributed by atoms with E-state index in [0.717, 1.165) is 4.57 Å². The maximum Gasteiger partial charge on any atom is 0.377 e. The van der Waals surface area contributed by atoms with Crippen LogP contribution in [0.15, 0.2) is 27.4 Å². The van der Waals surface area contributed by atoms with Gasteiger partial charge in [-0.15, -0.1) is 0 Å². The first-order chi connectivity index (χ1) is 12.1. The third-order valence-electron chi connectivity index (χ3n) is 3.79. The Labute approximate surface area is 145 Å². The summed E-state index contributed by atoms with van der Waals surface area (Å²) in [5.74, 6) is -2.78. The lowest BCUT2D eigenvalue weighted by atomic mass is 10.2. The lowest BCUT2D eigenvalue weighted by Gasteiger charge is -2.13. The van der Waals surface area contributed by atoms with Crippen molar-refractivity contribution in [3.05, 3.63) is 38.7 Å². The van der Waals surface area contributed by atoms with Gasteiger partial charge in [0, 0.05) is 21.1 Å². The quantitative estimate of drug-likeness (QED) is 0.420. The Balaban J connectivity index is 0.000000190. The minimum atomic E-state index is -1.42. The summed E-state index contributed by atoms with van der Waals surface area (Å²) in [5, 5.41) is 35.0. The van der Waals surface area contributed by atoms with E-state index in [1.165, 1.54) is 17.9 Å². The Kier molecular flexibility index (Phi) is 5.18. The maximum atomic E-state index is 11.7. The molecule has 1 aliphatic heterocycles. The first-order valence-electron chi connectivity index (χ1n) is 7.30. The fourth-order valence-electron chi connectivity index (χ4n) is 2.29. The van der Waals surface area contributed by atoms with Crippen LogP contribution < -0.4 is 11.2 Å². The highest BCUT2D eigenvalue weighted by atomic mass is 16.6. The van der Waals surface area contributed by atoms with Gasteiger partial charge in [0.05, 0.1) is 12.9 Å². The fourth-order valence-corrected chi connectivity index (χ4v) is 2.29. The van der Waals surface area contributed by atoms with Crippen LogP contribution in [0, 0.1) is 0 Å². The molecule has 26 heavy (non-hydrogen) atoms. The topological polar surface area (TPSA) is 169 Å². The van der Waals surface area contributed by atoms with E-state index in [-0.39, 0.29) is 11.2 Å². The summed E-state index contributed by atoms with van der Waals surface area (Å²) in [7, 11) is 4.77. The molecule has 142 valence electrons. The number of ether oxygens (including phenoxy) is 1. The highest BCUT2D eigenvalue weighted by Crippen LogP contribution is 2.20. The van der Waals surface area contributed by atoms with Crippen LogP contribution in [0.2, 0.25) is 0 Å². The first-order valence-corrected chi connectivity index (χ1v) is 7.30. The second-order valence-corrected chi connectivity index (χ2v) is 5.54. The number of carbonyl (C=O) groups excluding carboxylic acids is 1. The number of nitrogens with zero attached hydrogens (tertiary/aromatic N) is 4. The molecular weight excluding hydrogens is 352 g/mol. The molecule has 0 aliphatic carbocycles. The largest absolute Gasteiger partial charge is 0.505 e. The lowest BCUT2D eigenvalue weighted by Crippen LogP contribution is -2.37. The Hall–Kier alpha value is -3.12. The van der Waals surface area contributed by atoms with Gasteiger partial charge in [0.2, 0.25) is 5.76 Å². The number of aromatic nitrogens is 4. The van der Waals surface area contributed by atoms with E-state index in [0.29, 0.717) is 11.2 Å². The summed E-state index contributed by atoms with van der Waals surface area (Å²) in [6.07, 6.45) is -1.26. The van der Waals surface area contributed by atoms with Crippen LogP contribution in [-0.4, -0.2) is 63.9 Å². The molecule has 12 heteroatoms. The second-order valence-electron chi connectivity index (χ2n) is 5.54. The number of esters is 1. The summed E-state index contributed by atoms with van der Waals surface area (Å²) in [4.78, 5) is 37.7. The van der Waals surface area contributed by atoms with Gasteiger partial charge in [0.15, 0.2) is 23.0 Å². The van der Waals surface area contributed by atoms with E-state index >= 15 is 0 Å². The molecule has 0 amide bonds. The number of hydrogen-bond donors (Lipinski definition) is 4. The number of aryl methyl sites for hydroxylation is 2. The van der Waals surface area contributed by atoms with Gasteiger partial charge in [0.25, 0.3) is 5.56 Å². The van der Waals surface area contributed by atoms with Crippen molar-refractivity contribution >= 4 is 17.1 Å². The van der Waals surface area contributed by atoms with Gasteiger partial charge in [-0.05, 0) is 0 Å². The van der Waals surface area contributed by atoms with Gasteiger partial charge in [0.1, 0.15) is 6.10 Å². The Bertz CT molecular complexity index is 999. The summed E-state index contributed by atoms with van der Waals surface area (Å²) >= 11 is 0. The van der Waals surface area contributed by atoms with E-state index in [9.17, 15) is 14.4 Å². The molecule has 2 aromatic heterocycles. The summed E-state index contributed by atoms with van der Waals surface area (Å²) < 4.78 is 8.36. The van der Waals surface area contributed by atoms with Crippen LogP contribution in [-0.2, 0) is 30.7 Å². The van der Waals surface area contributed by atoms with Crippen molar-refractivity contribution in [2.45, 2.75) is 12.2 Å². The number of cyclic esters (lactones) is 1. The molecule has 0 fully saturated rings. The van der Waals surface area contributed by atoms with E-state index in [4.69, 9.17) is 20.4 Å². The minimum absolute atomic E-state index is 0.317. The van der Waals surface area contributed by atoms with Gasteiger partial charge >= 0.3 is 11.7 Å². The number of aliphatic hydroxyl groups excluding tert-OH is 4. The number of fused-ring (bicyclic) bond motifs is 1. The lowest BCUT2D eigenvalue weighted by molar-refractivity contribution is -0.147.